The number of pyridine rings is 1. The summed E-state index contributed by atoms with van der Waals surface area (Å²) in [5.41, 5.74) is 1.60. The fraction of sp³-hybridized carbons (Fsp3) is 0. The van der Waals surface area contributed by atoms with E-state index in [0.29, 0.717) is 0 Å². The van der Waals surface area contributed by atoms with Gasteiger partial charge in [-0.2, -0.15) is 0 Å². The van der Waals surface area contributed by atoms with Gasteiger partial charge in [0.2, 0.25) is 0 Å². The van der Waals surface area contributed by atoms with Crippen LogP contribution in [0.1, 0.15) is 5.56 Å². The number of nitrogens with zero attached hydrogens (tertiary/aromatic N) is 3. The highest BCUT2D eigenvalue weighted by Crippen LogP contribution is 2.01. The van der Waals surface area contributed by atoms with Crippen molar-refractivity contribution in [3.05, 3.63) is 30.2 Å². The van der Waals surface area contributed by atoms with E-state index >= 15 is 0 Å². The Morgan fingerprint density at radius 2 is 2.45 bits per heavy atom. The Bertz CT molecular complexity index is 422. The molecule has 0 fully saturated rings. The molecule has 2 rings (SSSR count). The lowest BCUT2D eigenvalue weighted by atomic mass is 10.3. The van der Waals surface area contributed by atoms with E-state index in [9.17, 15) is 0 Å². The first-order chi connectivity index (χ1) is 5.40. The van der Waals surface area contributed by atoms with Crippen molar-refractivity contribution in [3.63, 3.8) is 0 Å². The van der Waals surface area contributed by atoms with Crippen LogP contribution in [0.2, 0.25) is 0 Å². The largest absolute Gasteiger partial charge is 0.289 e. The Hall–Kier alpha value is -1.82. The fourth-order valence-corrected chi connectivity index (χ4v) is 0.907. The van der Waals surface area contributed by atoms with E-state index in [1.807, 2.05) is 18.3 Å². The molecule has 0 aromatic carbocycles. The number of rotatable bonds is 0. The molecule has 0 unspecified atom stereocenters. The van der Waals surface area contributed by atoms with Crippen molar-refractivity contribution in [2.24, 2.45) is 0 Å². The molecule has 0 aliphatic heterocycles. The van der Waals surface area contributed by atoms with Crippen LogP contribution in [0.15, 0.2) is 24.7 Å². The number of hydrogen-bond donors (Lipinski definition) is 0. The minimum atomic E-state index is 0.778. The van der Waals surface area contributed by atoms with E-state index in [2.05, 4.69) is 16.1 Å². The molecule has 0 saturated carbocycles. The summed E-state index contributed by atoms with van der Waals surface area (Å²) < 4.78 is 1.81. The molecule has 3 heteroatoms. The second-order valence-corrected chi connectivity index (χ2v) is 2.16. The Morgan fingerprint density at radius 1 is 1.55 bits per heavy atom. The molecule has 0 bridgehead atoms. The Balaban J connectivity index is 2.79. The molecular formula is C8H5N3. The van der Waals surface area contributed by atoms with Crippen molar-refractivity contribution >= 4 is 5.65 Å². The summed E-state index contributed by atoms with van der Waals surface area (Å²) in [4.78, 5) is 0. The van der Waals surface area contributed by atoms with E-state index in [0.717, 1.165) is 11.2 Å². The van der Waals surface area contributed by atoms with Crippen molar-refractivity contribution in [3.8, 4) is 12.3 Å². The van der Waals surface area contributed by atoms with E-state index in [-0.39, 0.29) is 0 Å². The van der Waals surface area contributed by atoms with Crippen LogP contribution >= 0.6 is 0 Å². The normalized spacial score (nSPS) is 9.73. The van der Waals surface area contributed by atoms with Crippen molar-refractivity contribution in [1.82, 2.24) is 14.6 Å². The van der Waals surface area contributed by atoms with Gasteiger partial charge >= 0.3 is 0 Å². The van der Waals surface area contributed by atoms with Gasteiger partial charge in [-0.3, -0.25) is 4.40 Å². The van der Waals surface area contributed by atoms with Crippen LogP contribution in [0, 0.1) is 12.3 Å². The summed E-state index contributed by atoms with van der Waals surface area (Å²) in [5, 5.41) is 7.57. The van der Waals surface area contributed by atoms with Gasteiger partial charge in [-0.05, 0) is 12.1 Å². The molecule has 2 aromatic heterocycles. The fourth-order valence-electron chi connectivity index (χ4n) is 0.907. The third-order valence-corrected chi connectivity index (χ3v) is 1.47. The minimum Gasteiger partial charge on any atom is -0.289 e. The number of aromatic nitrogens is 3. The first kappa shape index (κ1) is 5.93. The van der Waals surface area contributed by atoms with Gasteiger partial charge in [-0.25, -0.2) is 0 Å². The van der Waals surface area contributed by atoms with Gasteiger partial charge < -0.3 is 0 Å². The minimum absolute atomic E-state index is 0.778. The molecule has 0 aliphatic carbocycles. The second kappa shape index (κ2) is 2.10. The number of hydrogen-bond acceptors (Lipinski definition) is 2. The average molecular weight is 143 g/mol. The van der Waals surface area contributed by atoms with Crippen LogP contribution in [0.5, 0.6) is 0 Å². The maximum absolute atomic E-state index is 5.20. The van der Waals surface area contributed by atoms with Crippen LogP contribution in [0.4, 0.5) is 0 Å². The molecule has 3 nitrogen and oxygen atoms in total. The monoisotopic (exact) mass is 143 g/mol. The molecular weight excluding hydrogens is 138 g/mol. The lowest BCUT2D eigenvalue weighted by Crippen LogP contribution is -1.82. The van der Waals surface area contributed by atoms with E-state index < -0.39 is 0 Å². The van der Waals surface area contributed by atoms with Gasteiger partial charge in [0.05, 0.1) is 0 Å². The predicted molar refractivity (Wildman–Crippen MR) is 40.9 cm³/mol. The van der Waals surface area contributed by atoms with Gasteiger partial charge in [0.15, 0.2) is 5.65 Å². The Labute approximate surface area is 63.7 Å². The molecule has 0 atom stereocenters. The van der Waals surface area contributed by atoms with Crippen LogP contribution in [-0.4, -0.2) is 14.6 Å². The number of terminal acetylenes is 1. The van der Waals surface area contributed by atoms with Crippen molar-refractivity contribution in [2.75, 3.05) is 0 Å². The summed E-state index contributed by atoms with van der Waals surface area (Å²) in [7, 11) is 0. The lowest BCUT2D eigenvalue weighted by molar-refractivity contribution is 1.10. The first-order valence-electron chi connectivity index (χ1n) is 3.16. The molecule has 0 N–H and O–H groups in total. The van der Waals surface area contributed by atoms with Crippen LogP contribution in [-0.2, 0) is 0 Å². The summed E-state index contributed by atoms with van der Waals surface area (Å²) in [6.45, 7) is 0. The van der Waals surface area contributed by atoms with Crippen LogP contribution in [0.3, 0.4) is 0 Å². The highest BCUT2D eigenvalue weighted by Gasteiger charge is 1.93. The zero-order chi connectivity index (χ0) is 7.68. The average Bonchev–Trinajstić information content (AvgIpc) is 2.50. The van der Waals surface area contributed by atoms with Crippen molar-refractivity contribution in [2.45, 2.75) is 0 Å². The maximum atomic E-state index is 5.20. The highest BCUT2D eigenvalue weighted by molar-refractivity contribution is 5.45. The maximum Gasteiger partial charge on any atom is 0.161 e. The molecule has 0 aliphatic rings. The number of fused-ring (bicyclic) bond motifs is 1. The standard InChI is InChI=1S/C8H5N3/c1-2-7-3-4-11-6-9-10-8(11)5-7/h1,3-6H. The van der Waals surface area contributed by atoms with Crippen LogP contribution < -0.4 is 0 Å². The van der Waals surface area contributed by atoms with E-state index in [4.69, 9.17) is 6.42 Å². The van der Waals surface area contributed by atoms with Gasteiger partial charge in [0, 0.05) is 11.8 Å². The topological polar surface area (TPSA) is 30.2 Å². The van der Waals surface area contributed by atoms with Gasteiger partial charge in [0.1, 0.15) is 6.33 Å². The predicted octanol–water partition coefficient (Wildman–Crippen LogP) is 0.711. The molecule has 0 spiro atoms. The van der Waals surface area contributed by atoms with Gasteiger partial charge in [0.25, 0.3) is 0 Å². The Kier molecular flexibility index (Phi) is 1.13. The summed E-state index contributed by atoms with van der Waals surface area (Å²) in [6, 6.07) is 3.66. The zero-order valence-electron chi connectivity index (χ0n) is 5.73. The first-order valence-corrected chi connectivity index (χ1v) is 3.16. The third-order valence-electron chi connectivity index (χ3n) is 1.47. The molecule has 52 valence electrons. The molecule has 2 heterocycles. The molecule has 0 amide bonds. The van der Waals surface area contributed by atoms with Crippen molar-refractivity contribution < 1.29 is 0 Å². The molecule has 0 saturated heterocycles. The summed E-state index contributed by atoms with van der Waals surface area (Å²) >= 11 is 0. The van der Waals surface area contributed by atoms with Gasteiger partial charge in [-0.1, -0.05) is 5.92 Å². The molecule has 2 aromatic rings. The Morgan fingerprint density at radius 3 is 3.27 bits per heavy atom. The summed E-state index contributed by atoms with van der Waals surface area (Å²) in [5.74, 6) is 2.53. The summed E-state index contributed by atoms with van der Waals surface area (Å²) in [6.07, 6.45) is 8.67. The molecule has 11 heavy (non-hydrogen) atoms. The van der Waals surface area contributed by atoms with Gasteiger partial charge in [-0.15, -0.1) is 16.6 Å². The van der Waals surface area contributed by atoms with Crippen molar-refractivity contribution in [1.29, 1.82) is 0 Å². The lowest BCUT2D eigenvalue weighted by Gasteiger charge is -1.90. The molecule has 0 radical (unpaired) electrons. The second-order valence-electron chi connectivity index (χ2n) is 2.16. The smallest absolute Gasteiger partial charge is 0.161 e. The van der Waals surface area contributed by atoms with E-state index in [1.54, 1.807) is 10.7 Å². The quantitative estimate of drug-likeness (QED) is 0.508. The van der Waals surface area contributed by atoms with Crippen LogP contribution in [0.25, 0.3) is 5.65 Å². The zero-order valence-corrected chi connectivity index (χ0v) is 5.73. The highest BCUT2D eigenvalue weighted by atomic mass is 15.2. The third kappa shape index (κ3) is 0.849. The SMILES string of the molecule is C#Cc1ccn2cnnc2c1. The van der Waals surface area contributed by atoms with E-state index in [1.165, 1.54) is 0 Å².